The van der Waals surface area contributed by atoms with Crippen LogP contribution in [0.1, 0.15) is 36.2 Å². The standard InChI is InChI=1S/C21H22N2O4/c1-3-21(16-8-6-5-7-9-16)19(25)23(20(26)22-21)14-18(24)15-10-12-17(13-11-15)27-4-2/h5-13H,3-4,14H2,1-2H3,(H,22,26)/t21-/m1/s1. The predicted octanol–water partition coefficient (Wildman–Crippen LogP) is 3.13. The number of carbonyl (C=O) groups excluding carboxylic acids is 3. The molecule has 0 aromatic heterocycles. The Morgan fingerprint density at radius 1 is 1.04 bits per heavy atom. The second-order valence-corrected chi connectivity index (χ2v) is 6.33. The van der Waals surface area contributed by atoms with Crippen LogP contribution in [0.4, 0.5) is 4.79 Å². The topological polar surface area (TPSA) is 75.7 Å². The number of hydrogen-bond acceptors (Lipinski definition) is 4. The zero-order valence-electron chi connectivity index (χ0n) is 15.4. The molecule has 0 radical (unpaired) electrons. The minimum Gasteiger partial charge on any atom is -0.494 e. The van der Waals surface area contributed by atoms with Crippen LogP contribution in [0.15, 0.2) is 54.6 Å². The molecule has 140 valence electrons. The third-order valence-electron chi connectivity index (χ3n) is 4.76. The molecule has 1 fully saturated rings. The fourth-order valence-electron chi connectivity index (χ4n) is 3.27. The maximum atomic E-state index is 13.0. The van der Waals surface area contributed by atoms with Crippen LogP contribution >= 0.6 is 0 Å². The van der Waals surface area contributed by atoms with Gasteiger partial charge in [-0.05, 0) is 43.2 Å². The van der Waals surface area contributed by atoms with E-state index in [1.807, 2.05) is 32.0 Å². The Balaban J connectivity index is 1.80. The summed E-state index contributed by atoms with van der Waals surface area (Å²) in [6, 6.07) is 15.2. The molecule has 2 aromatic carbocycles. The van der Waals surface area contributed by atoms with Crippen molar-refractivity contribution in [2.45, 2.75) is 25.8 Å². The smallest absolute Gasteiger partial charge is 0.325 e. The van der Waals surface area contributed by atoms with Gasteiger partial charge in [-0.2, -0.15) is 0 Å². The number of nitrogens with zero attached hydrogens (tertiary/aromatic N) is 1. The maximum Gasteiger partial charge on any atom is 0.325 e. The zero-order valence-corrected chi connectivity index (χ0v) is 15.4. The number of hydrogen-bond donors (Lipinski definition) is 1. The van der Waals surface area contributed by atoms with Crippen LogP contribution in [-0.2, 0) is 10.3 Å². The van der Waals surface area contributed by atoms with Gasteiger partial charge in [0.15, 0.2) is 5.78 Å². The first-order chi connectivity index (χ1) is 13.0. The van der Waals surface area contributed by atoms with Gasteiger partial charge in [0, 0.05) is 5.56 Å². The van der Waals surface area contributed by atoms with Gasteiger partial charge in [-0.3, -0.25) is 14.5 Å². The van der Waals surface area contributed by atoms with E-state index in [0.717, 1.165) is 4.90 Å². The molecule has 1 aliphatic rings. The molecule has 0 bridgehead atoms. The van der Waals surface area contributed by atoms with Crippen LogP contribution in [0.2, 0.25) is 0 Å². The molecule has 0 saturated carbocycles. The van der Waals surface area contributed by atoms with Gasteiger partial charge in [0.25, 0.3) is 5.91 Å². The van der Waals surface area contributed by atoms with Crippen molar-refractivity contribution in [1.29, 1.82) is 0 Å². The number of amides is 3. The van der Waals surface area contributed by atoms with Gasteiger partial charge in [-0.25, -0.2) is 4.79 Å². The van der Waals surface area contributed by atoms with E-state index in [1.165, 1.54) is 0 Å². The molecule has 1 aliphatic heterocycles. The van der Waals surface area contributed by atoms with Crippen LogP contribution < -0.4 is 10.1 Å². The summed E-state index contributed by atoms with van der Waals surface area (Å²) in [5.74, 6) is -0.0416. The van der Waals surface area contributed by atoms with Gasteiger partial charge >= 0.3 is 6.03 Å². The van der Waals surface area contributed by atoms with Crippen LogP contribution in [-0.4, -0.2) is 35.8 Å². The first-order valence-electron chi connectivity index (χ1n) is 8.97. The van der Waals surface area contributed by atoms with Gasteiger partial charge in [0.05, 0.1) is 13.2 Å². The minimum absolute atomic E-state index is 0.298. The number of ketones is 1. The molecule has 1 N–H and O–H groups in total. The summed E-state index contributed by atoms with van der Waals surface area (Å²) in [6.45, 7) is 3.95. The monoisotopic (exact) mass is 366 g/mol. The molecule has 1 heterocycles. The fourth-order valence-corrected chi connectivity index (χ4v) is 3.27. The number of carbonyl (C=O) groups is 3. The summed E-state index contributed by atoms with van der Waals surface area (Å²) < 4.78 is 5.36. The lowest BCUT2D eigenvalue weighted by atomic mass is 9.87. The van der Waals surface area contributed by atoms with Crippen LogP contribution in [0.25, 0.3) is 0 Å². The number of nitrogens with one attached hydrogen (secondary N) is 1. The average molecular weight is 366 g/mol. The lowest BCUT2D eigenvalue weighted by Gasteiger charge is -2.25. The van der Waals surface area contributed by atoms with Crippen molar-refractivity contribution in [3.63, 3.8) is 0 Å². The maximum absolute atomic E-state index is 13.0. The molecule has 3 amide bonds. The quantitative estimate of drug-likeness (QED) is 0.603. The van der Waals surface area contributed by atoms with E-state index in [0.29, 0.717) is 29.9 Å². The van der Waals surface area contributed by atoms with Crippen LogP contribution in [0.3, 0.4) is 0 Å². The Kier molecular flexibility index (Phi) is 5.26. The summed E-state index contributed by atoms with van der Waals surface area (Å²) in [7, 11) is 0. The molecule has 2 aromatic rings. The highest BCUT2D eigenvalue weighted by atomic mass is 16.5. The molecular formula is C21H22N2O4. The molecule has 3 rings (SSSR count). The molecule has 0 unspecified atom stereocenters. The Labute approximate surface area is 158 Å². The first-order valence-corrected chi connectivity index (χ1v) is 8.97. The molecule has 6 nitrogen and oxygen atoms in total. The third kappa shape index (κ3) is 3.43. The molecule has 0 spiro atoms. The predicted molar refractivity (Wildman–Crippen MR) is 101 cm³/mol. The van der Waals surface area contributed by atoms with Crippen molar-refractivity contribution in [2.75, 3.05) is 13.2 Å². The molecule has 0 aliphatic carbocycles. The van der Waals surface area contributed by atoms with E-state index >= 15 is 0 Å². The second kappa shape index (κ2) is 7.61. The zero-order chi connectivity index (χ0) is 19.4. The van der Waals surface area contributed by atoms with Crippen molar-refractivity contribution in [3.05, 3.63) is 65.7 Å². The Hall–Kier alpha value is -3.15. The SMILES string of the molecule is CCOc1ccc(C(=O)CN2C(=O)N[C@](CC)(c3ccccc3)C2=O)cc1. The lowest BCUT2D eigenvalue weighted by Crippen LogP contribution is -2.43. The number of Topliss-reactive ketones (excluding diaryl/α,β-unsaturated/α-hetero) is 1. The Bertz CT molecular complexity index is 848. The van der Waals surface area contributed by atoms with Gasteiger partial charge in [-0.1, -0.05) is 37.3 Å². The molecule has 27 heavy (non-hydrogen) atoms. The summed E-state index contributed by atoms with van der Waals surface area (Å²) >= 11 is 0. The highest BCUT2D eigenvalue weighted by Crippen LogP contribution is 2.32. The highest BCUT2D eigenvalue weighted by molar-refractivity contribution is 6.11. The summed E-state index contributed by atoms with van der Waals surface area (Å²) in [5.41, 5.74) is 0.00638. The number of benzene rings is 2. The van der Waals surface area contributed by atoms with E-state index in [1.54, 1.807) is 36.4 Å². The molecule has 6 heteroatoms. The molecular weight excluding hydrogens is 344 g/mol. The van der Waals surface area contributed by atoms with E-state index < -0.39 is 17.5 Å². The minimum atomic E-state index is -1.13. The third-order valence-corrected chi connectivity index (χ3v) is 4.76. The first kappa shape index (κ1) is 18.6. The number of imide groups is 1. The second-order valence-electron chi connectivity index (χ2n) is 6.33. The molecule has 1 atom stereocenters. The summed E-state index contributed by atoms with van der Waals surface area (Å²) in [6.07, 6.45) is 0.398. The summed E-state index contributed by atoms with van der Waals surface area (Å²) in [4.78, 5) is 39.1. The van der Waals surface area contributed by atoms with Gasteiger partial charge < -0.3 is 10.1 Å². The number of ether oxygens (including phenoxy) is 1. The highest BCUT2D eigenvalue weighted by Gasteiger charge is 2.51. The Morgan fingerprint density at radius 3 is 2.30 bits per heavy atom. The Morgan fingerprint density at radius 2 is 1.70 bits per heavy atom. The lowest BCUT2D eigenvalue weighted by molar-refractivity contribution is -0.131. The average Bonchev–Trinajstić information content (AvgIpc) is 2.94. The molecule has 1 saturated heterocycles. The van der Waals surface area contributed by atoms with Gasteiger partial charge in [0.2, 0.25) is 0 Å². The van der Waals surface area contributed by atoms with Crippen LogP contribution in [0, 0.1) is 0 Å². The largest absolute Gasteiger partial charge is 0.494 e. The fraction of sp³-hybridized carbons (Fsp3) is 0.286. The van der Waals surface area contributed by atoms with Crippen LogP contribution in [0.5, 0.6) is 5.75 Å². The van der Waals surface area contributed by atoms with Crippen molar-refractivity contribution in [3.8, 4) is 5.75 Å². The normalized spacial score (nSPS) is 19.1. The number of rotatable bonds is 7. The van der Waals surface area contributed by atoms with Crippen molar-refractivity contribution in [2.24, 2.45) is 0 Å². The van der Waals surface area contributed by atoms with Crippen molar-refractivity contribution >= 4 is 17.7 Å². The van der Waals surface area contributed by atoms with Gasteiger partial charge in [-0.15, -0.1) is 0 Å². The van der Waals surface area contributed by atoms with E-state index in [4.69, 9.17) is 4.74 Å². The van der Waals surface area contributed by atoms with E-state index in [9.17, 15) is 14.4 Å². The number of urea groups is 1. The van der Waals surface area contributed by atoms with Gasteiger partial charge in [0.1, 0.15) is 11.3 Å². The summed E-state index contributed by atoms with van der Waals surface area (Å²) in [5, 5.41) is 2.78. The van der Waals surface area contributed by atoms with Crippen molar-refractivity contribution in [1.82, 2.24) is 10.2 Å². The van der Waals surface area contributed by atoms with E-state index in [-0.39, 0.29) is 12.3 Å². The van der Waals surface area contributed by atoms with E-state index in [2.05, 4.69) is 5.32 Å². The van der Waals surface area contributed by atoms with Crippen molar-refractivity contribution < 1.29 is 19.1 Å².